The van der Waals surface area contributed by atoms with E-state index in [9.17, 15) is 0 Å². The number of rotatable bonds is 4. The van der Waals surface area contributed by atoms with Gasteiger partial charge in [-0.1, -0.05) is 66.3 Å². The largest absolute Gasteiger partial charge is 0.379 e. The number of fused-ring (bicyclic) bond motifs is 1. The van der Waals surface area contributed by atoms with Crippen LogP contribution >= 0.6 is 0 Å². The predicted octanol–water partition coefficient (Wildman–Crippen LogP) is 5.92. The summed E-state index contributed by atoms with van der Waals surface area (Å²) in [5.41, 5.74) is 7.44. The van der Waals surface area contributed by atoms with Crippen molar-refractivity contribution in [1.82, 2.24) is 5.32 Å². The molecule has 4 rings (SSSR count). The molecule has 0 saturated heterocycles. The first-order valence-corrected chi connectivity index (χ1v) is 9.25. The number of benzene rings is 2. The third-order valence-electron chi connectivity index (χ3n) is 5.03. The minimum atomic E-state index is 0.233. The predicted molar refractivity (Wildman–Crippen MR) is 110 cm³/mol. The average molecular weight is 340 g/mol. The lowest BCUT2D eigenvalue weighted by Crippen LogP contribution is -2.17. The zero-order valence-corrected chi connectivity index (χ0v) is 15.3. The molecule has 130 valence electrons. The van der Waals surface area contributed by atoms with Crippen molar-refractivity contribution in [2.45, 2.75) is 32.2 Å². The van der Waals surface area contributed by atoms with Gasteiger partial charge in [0.15, 0.2) is 0 Å². The van der Waals surface area contributed by atoms with Crippen LogP contribution in [0.25, 0.3) is 0 Å². The lowest BCUT2D eigenvalue weighted by molar-refractivity contribution is 0.663. The minimum Gasteiger partial charge on any atom is -0.379 e. The van der Waals surface area contributed by atoms with E-state index in [0.717, 1.165) is 12.1 Å². The third kappa shape index (κ3) is 3.41. The summed E-state index contributed by atoms with van der Waals surface area (Å²) >= 11 is 0. The number of allylic oxidation sites excluding steroid dienone is 5. The summed E-state index contributed by atoms with van der Waals surface area (Å²) in [6.45, 7) is 4.35. The van der Waals surface area contributed by atoms with E-state index in [-0.39, 0.29) is 12.0 Å². The maximum absolute atomic E-state index is 4.62. The van der Waals surface area contributed by atoms with Crippen molar-refractivity contribution in [3.05, 3.63) is 101 Å². The van der Waals surface area contributed by atoms with Gasteiger partial charge in [-0.3, -0.25) is 4.99 Å². The summed E-state index contributed by atoms with van der Waals surface area (Å²) in [6.07, 6.45) is 12.0. The van der Waals surface area contributed by atoms with Gasteiger partial charge in [-0.2, -0.15) is 0 Å². The first-order chi connectivity index (χ1) is 12.7. The first-order valence-electron chi connectivity index (χ1n) is 9.25. The van der Waals surface area contributed by atoms with Crippen LogP contribution in [0.1, 0.15) is 42.0 Å². The second kappa shape index (κ2) is 7.17. The Labute approximate surface area is 155 Å². The molecule has 0 spiro atoms. The van der Waals surface area contributed by atoms with Gasteiger partial charge < -0.3 is 5.32 Å². The molecule has 0 aromatic heterocycles. The standard InChI is InChI=1S/C24H24N2/c1-17-12-13-24-22(14-17)23(16-25-24)20-10-6-7-11-21(15-20)26-18(2)19-8-4-3-5-9-19/h3-6,8-16,18,23,26H,7H2,1-2H3/t18-,23?/m0/s1. The molecule has 0 saturated carbocycles. The number of aryl methyl sites for hydroxylation is 1. The maximum atomic E-state index is 4.62. The van der Waals surface area contributed by atoms with Crippen LogP contribution in [0.5, 0.6) is 0 Å². The van der Waals surface area contributed by atoms with E-state index in [0.29, 0.717) is 0 Å². The maximum Gasteiger partial charge on any atom is 0.0668 e. The summed E-state index contributed by atoms with van der Waals surface area (Å²) in [7, 11) is 0. The second-order valence-corrected chi connectivity index (χ2v) is 7.04. The third-order valence-corrected chi connectivity index (χ3v) is 5.03. The van der Waals surface area contributed by atoms with Crippen LogP contribution < -0.4 is 5.32 Å². The van der Waals surface area contributed by atoms with Crippen molar-refractivity contribution in [3.63, 3.8) is 0 Å². The van der Waals surface area contributed by atoms with Crippen molar-refractivity contribution >= 4 is 11.9 Å². The number of aliphatic imine (C=N–C) groups is 1. The Bertz CT molecular complexity index is 916. The lowest BCUT2D eigenvalue weighted by Gasteiger charge is -2.18. The topological polar surface area (TPSA) is 24.4 Å². The highest BCUT2D eigenvalue weighted by atomic mass is 14.9. The molecule has 2 atom stereocenters. The molecule has 1 aliphatic heterocycles. The van der Waals surface area contributed by atoms with Gasteiger partial charge in [0.25, 0.3) is 0 Å². The molecule has 1 aliphatic carbocycles. The highest BCUT2D eigenvalue weighted by Crippen LogP contribution is 2.38. The molecule has 2 heteroatoms. The zero-order valence-electron chi connectivity index (χ0n) is 15.3. The van der Waals surface area contributed by atoms with E-state index < -0.39 is 0 Å². The summed E-state index contributed by atoms with van der Waals surface area (Å²) in [5.74, 6) is 0.233. The fourth-order valence-electron chi connectivity index (χ4n) is 3.60. The Balaban J connectivity index is 1.59. The van der Waals surface area contributed by atoms with Crippen molar-refractivity contribution < 1.29 is 0 Å². The van der Waals surface area contributed by atoms with Crippen molar-refractivity contribution in [2.75, 3.05) is 0 Å². The fraction of sp³-hybridized carbons (Fsp3) is 0.208. The molecule has 0 bridgehead atoms. The molecule has 0 radical (unpaired) electrons. The monoisotopic (exact) mass is 340 g/mol. The van der Waals surface area contributed by atoms with Gasteiger partial charge in [0.2, 0.25) is 0 Å². The van der Waals surface area contributed by atoms with Crippen LogP contribution in [-0.2, 0) is 0 Å². The highest BCUT2D eigenvalue weighted by molar-refractivity contribution is 5.85. The smallest absolute Gasteiger partial charge is 0.0668 e. The van der Waals surface area contributed by atoms with Crippen molar-refractivity contribution in [2.24, 2.45) is 4.99 Å². The van der Waals surface area contributed by atoms with Gasteiger partial charge in [0.05, 0.1) is 5.69 Å². The van der Waals surface area contributed by atoms with Gasteiger partial charge in [-0.25, -0.2) is 0 Å². The molecular weight excluding hydrogens is 316 g/mol. The molecule has 1 heterocycles. The Kier molecular flexibility index (Phi) is 4.57. The van der Waals surface area contributed by atoms with E-state index in [2.05, 4.69) is 103 Å². The molecule has 2 aromatic rings. The molecule has 2 nitrogen and oxygen atoms in total. The first kappa shape index (κ1) is 16.6. The van der Waals surface area contributed by atoms with Crippen LogP contribution in [0.15, 0.2) is 89.1 Å². The van der Waals surface area contributed by atoms with Gasteiger partial charge in [-0.15, -0.1) is 0 Å². The number of nitrogens with one attached hydrogen (secondary N) is 1. The summed E-state index contributed by atoms with van der Waals surface area (Å²) < 4.78 is 0. The molecule has 0 amide bonds. The Morgan fingerprint density at radius 2 is 1.96 bits per heavy atom. The minimum absolute atomic E-state index is 0.233. The molecule has 26 heavy (non-hydrogen) atoms. The van der Waals surface area contributed by atoms with Gasteiger partial charge >= 0.3 is 0 Å². The Morgan fingerprint density at radius 1 is 1.12 bits per heavy atom. The van der Waals surface area contributed by atoms with E-state index in [1.165, 1.54) is 28.0 Å². The van der Waals surface area contributed by atoms with Crippen LogP contribution in [0, 0.1) is 6.92 Å². The SMILES string of the molecule is Cc1ccc2c(c1)C(C1=CC(N[C@@H](C)c3ccccc3)=CCC=C1)C=N2. The molecule has 0 fully saturated rings. The summed E-state index contributed by atoms with van der Waals surface area (Å²) in [6, 6.07) is 17.3. The number of nitrogens with zero attached hydrogens (tertiary/aromatic N) is 1. The van der Waals surface area contributed by atoms with Crippen LogP contribution in [-0.4, -0.2) is 6.21 Å². The van der Waals surface area contributed by atoms with Gasteiger partial charge in [0.1, 0.15) is 0 Å². The highest BCUT2D eigenvalue weighted by Gasteiger charge is 2.22. The van der Waals surface area contributed by atoms with E-state index in [1.807, 2.05) is 0 Å². The molecular formula is C24H24N2. The molecule has 1 unspecified atom stereocenters. The van der Waals surface area contributed by atoms with Crippen LogP contribution in [0.3, 0.4) is 0 Å². The number of hydrogen-bond acceptors (Lipinski definition) is 2. The van der Waals surface area contributed by atoms with E-state index in [1.54, 1.807) is 0 Å². The van der Waals surface area contributed by atoms with Crippen molar-refractivity contribution in [1.29, 1.82) is 0 Å². The fourth-order valence-corrected chi connectivity index (χ4v) is 3.60. The summed E-state index contributed by atoms with van der Waals surface area (Å²) in [5, 5.41) is 3.66. The summed E-state index contributed by atoms with van der Waals surface area (Å²) in [4.78, 5) is 4.62. The Hall–Kier alpha value is -2.87. The van der Waals surface area contributed by atoms with Crippen LogP contribution in [0.4, 0.5) is 5.69 Å². The normalized spacial score (nSPS) is 19.4. The number of hydrogen-bond donors (Lipinski definition) is 1. The molecule has 1 N–H and O–H groups in total. The van der Waals surface area contributed by atoms with E-state index in [4.69, 9.17) is 0 Å². The average Bonchev–Trinajstić information content (AvgIpc) is 2.93. The van der Waals surface area contributed by atoms with Gasteiger partial charge in [0, 0.05) is 23.9 Å². The van der Waals surface area contributed by atoms with Crippen LogP contribution in [0.2, 0.25) is 0 Å². The van der Waals surface area contributed by atoms with Crippen molar-refractivity contribution in [3.8, 4) is 0 Å². The lowest BCUT2D eigenvalue weighted by atomic mass is 9.91. The molecule has 2 aromatic carbocycles. The van der Waals surface area contributed by atoms with Gasteiger partial charge in [-0.05, 0) is 49.1 Å². The zero-order chi connectivity index (χ0) is 17.9. The quantitative estimate of drug-likeness (QED) is 0.734. The molecule has 2 aliphatic rings. The van der Waals surface area contributed by atoms with E-state index >= 15 is 0 Å². The Morgan fingerprint density at radius 3 is 2.81 bits per heavy atom. The second-order valence-electron chi connectivity index (χ2n) is 7.04.